The molecule has 3 heteroatoms. The number of carbonyl (C=O) groups excluding carboxylic acids is 1. The van der Waals surface area contributed by atoms with Crippen molar-refractivity contribution in [3.8, 4) is 0 Å². The minimum absolute atomic E-state index is 0.0519. The van der Waals surface area contributed by atoms with Gasteiger partial charge in [0.2, 0.25) is 0 Å². The summed E-state index contributed by atoms with van der Waals surface area (Å²) in [5, 5.41) is 9.54. The Morgan fingerprint density at radius 1 is 1.38 bits per heavy atom. The summed E-state index contributed by atoms with van der Waals surface area (Å²) in [5.74, 6) is 0.129. The van der Waals surface area contributed by atoms with Crippen LogP contribution in [0.15, 0.2) is 0 Å². The molecule has 94 valence electrons. The summed E-state index contributed by atoms with van der Waals surface area (Å²) in [6.45, 7) is 10.4. The number of hydrogen-bond donors (Lipinski definition) is 1. The summed E-state index contributed by atoms with van der Waals surface area (Å²) in [4.78, 5) is 14.2. The number of rotatable bonds is 3. The second-order valence-electron chi connectivity index (χ2n) is 5.76. The molecular formula is C13H25NO2. The molecule has 1 aliphatic heterocycles. The van der Waals surface area contributed by atoms with Crippen molar-refractivity contribution in [2.45, 2.75) is 58.6 Å². The topological polar surface area (TPSA) is 40.5 Å². The van der Waals surface area contributed by atoms with Gasteiger partial charge in [-0.15, -0.1) is 0 Å². The Hall–Kier alpha value is -0.410. The predicted octanol–water partition coefficient (Wildman–Crippen LogP) is 1.84. The number of Topliss-reactive ketones (excluding diaryl/α,β-unsaturated/α-hetero) is 1. The Balaban J connectivity index is 2.46. The predicted molar refractivity (Wildman–Crippen MR) is 65.4 cm³/mol. The van der Waals surface area contributed by atoms with Crippen LogP contribution < -0.4 is 0 Å². The minimum atomic E-state index is -0.744. The molecule has 1 aliphatic rings. The first-order valence-electron chi connectivity index (χ1n) is 6.33. The molecule has 0 spiro atoms. The molecule has 16 heavy (non-hydrogen) atoms. The zero-order valence-corrected chi connectivity index (χ0v) is 11.0. The van der Waals surface area contributed by atoms with Crippen LogP contribution in [0.5, 0.6) is 0 Å². The van der Waals surface area contributed by atoms with Gasteiger partial charge in [-0.1, -0.05) is 6.92 Å². The van der Waals surface area contributed by atoms with Crippen LogP contribution in [0.2, 0.25) is 0 Å². The van der Waals surface area contributed by atoms with Crippen molar-refractivity contribution in [2.24, 2.45) is 5.92 Å². The molecule has 0 radical (unpaired) electrons. The van der Waals surface area contributed by atoms with Gasteiger partial charge in [0, 0.05) is 11.5 Å². The third-order valence-electron chi connectivity index (χ3n) is 3.56. The summed E-state index contributed by atoms with van der Waals surface area (Å²) in [5.41, 5.74) is 0.192. The summed E-state index contributed by atoms with van der Waals surface area (Å²) in [6.07, 6.45) is 1.59. The first-order valence-corrected chi connectivity index (χ1v) is 6.33. The molecule has 1 rings (SSSR count). The highest BCUT2D eigenvalue weighted by molar-refractivity contribution is 5.85. The Kier molecular flexibility index (Phi) is 4.51. The second kappa shape index (κ2) is 5.28. The van der Waals surface area contributed by atoms with E-state index in [-0.39, 0.29) is 17.2 Å². The Morgan fingerprint density at radius 2 is 1.88 bits per heavy atom. The first-order chi connectivity index (χ1) is 7.36. The van der Waals surface area contributed by atoms with Crippen molar-refractivity contribution in [3.63, 3.8) is 0 Å². The minimum Gasteiger partial charge on any atom is -0.385 e. The molecule has 1 unspecified atom stereocenters. The van der Waals surface area contributed by atoms with Crippen molar-refractivity contribution >= 4 is 5.78 Å². The number of carbonyl (C=O) groups is 1. The van der Waals surface area contributed by atoms with Crippen LogP contribution in [0, 0.1) is 5.92 Å². The van der Waals surface area contributed by atoms with E-state index < -0.39 is 6.10 Å². The molecule has 1 fully saturated rings. The van der Waals surface area contributed by atoms with Gasteiger partial charge in [0.05, 0.1) is 0 Å². The number of hydrogen-bond acceptors (Lipinski definition) is 3. The van der Waals surface area contributed by atoms with Crippen molar-refractivity contribution in [2.75, 3.05) is 13.1 Å². The van der Waals surface area contributed by atoms with Gasteiger partial charge in [0.1, 0.15) is 6.10 Å². The first kappa shape index (κ1) is 13.7. The van der Waals surface area contributed by atoms with E-state index >= 15 is 0 Å². The fourth-order valence-electron chi connectivity index (χ4n) is 2.31. The summed E-state index contributed by atoms with van der Waals surface area (Å²) >= 11 is 0. The second-order valence-corrected chi connectivity index (χ2v) is 5.76. The molecule has 0 aromatic carbocycles. The maximum Gasteiger partial charge on any atom is 0.164 e. The van der Waals surface area contributed by atoms with Crippen LogP contribution in [0.25, 0.3) is 0 Å². The molecule has 0 amide bonds. The van der Waals surface area contributed by atoms with Crippen LogP contribution in [0.4, 0.5) is 0 Å². The van der Waals surface area contributed by atoms with Crippen molar-refractivity contribution < 1.29 is 9.90 Å². The molecule has 0 aromatic heterocycles. The van der Waals surface area contributed by atoms with Crippen LogP contribution in [-0.2, 0) is 4.79 Å². The molecule has 0 saturated carbocycles. The van der Waals surface area contributed by atoms with E-state index in [1.807, 2.05) is 6.92 Å². The largest absolute Gasteiger partial charge is 0.385 e. The smallest absolute Gasteiger partial charge is 0.164 e. The Labute approximate surface area is 98.8 Å². The maximum absolute atomic E-state index is 11.8. The standard InChI is InChI=1S/C13H25NO2/c1-5-11(15)12(16)10-6-8-14(9-7-10)13(2,3)4/h10-11,15H,5-9H2,1-4H3. The lowest BCUT2D eigenvalue weighted by atomic mass is 9.87. The monoisotopic (exact) mass is 227 g/mol. The van der Waals surface area contributed by atoms with E-state index in [1.54, 1.807) is 0 Å². The third-order valence-corrected chi connectivity index (χ3v) is 3.56. The lowest BCUT2D eigenvalue weighted by Gasteiger charge is -2.40. The van der Waals surface area contributed by atoms with Gasteiger partial charge in [-0.25, -0.2) is 0 Å². The fourth-order valence-corrected chi connectivity index (χ4v) is 2.31. The van der Waals surface area contributed by atoms with Crippen molar-refractivity contribution in [3.05, 3.63) is 0 Å². The van der Waals surface area contributed by atoms with E-state index in [0.717, 1.165) is 25.9 Å². The number of ketones is 1. The van der Waals surface area contributed by atoms with Crippen LogP contribution in [-0.4, -0.2) is 40.5 Å². The molecule has 0 aromatic rings. The van der Waals surface area contributed by atoms with E-state index in [0.29, 0.717) is 6.42 Å². The van der Waals surface area contributed by atoms with Crippen molar-refractivity contribution in [1.29, 1.82) is 0 Å². The number of aliphatic hydroxyl groups is 1. The summed E-state index contributed by atoms with van der Waals surface area (Å²) in [7, 11) is 0. The molecule has 1 atom stereocenters. The maximum atomic E-state index is 11.8. The molecule has 1 heterocycles. The average molecular weight is 227 g/mol. The van der Waals surface area contributed by atoms with E-state index in [4.69, 9.17) is 0 Å². The third kappa shape index (κ3) is 3.29. The van der Waals surface area contributed by atoms with Gasteiger partial charge in [0.15, 0.2) is 5.78 Å². The zero-order chi connectivity index (χ0) is 12.3. The van der Waals surface area contributed by atoms with Crippen LogP contribution in [0.3, 0.4) is 0 Å². The molecule has 0 aliphatic carbocycles. The van der Waals surface area contributed by atoms with E-state index in [9.17, 15) is 9.90 Å². The van der Waals surface area contributed by atoms with Crippen molar-refractivity contribution in [1.82, 2.24) is 4.90 Å². The van der Waals surface area contributed by atoms with E-state index in [1.165, 1.54) is 0 Å². The average Bonchev–Trinajstić information content (AvgIpc) is 2.26. The highest BCUT2D eigenvalue weighted by Gasteiger charge is 2.31. The molecule has 3 nitrogen and oxygen atoms in total. The zero-order valence-electron chi connectivity index (χ0n) is 11.0. The Morgan fingerprint density at radius 3 is 2.25 bits per heavy atom. The Bertz CT molecular complexity index is 237. The summed E-state index contributed by atoms with van der Waals surface area (Å²) in [6, 6.07) is 0. The van der Waals surface area contributed by atoms with Gasteiger partial charge in [-0.3, -0.25) is 9.69 Å². The highest BCUT2D eigenvalue weighted by Crippen LogP contribution is 2.25. The molecule has 1 N–H and O–H groups in total. The quantitative estimate of drug-likeness (QED) is 0.799. The van der Waals surface area contributed by atoms with Crippen LogP contribution in [0.1, 0.15) is 47.0 Å². The highest BCUT2D eigenvalue weighted by atomic mass is 16.3. The van der Waals surface area contributed by atoms with Gasteiger partial charge in [0.25, 0.3) is 0 Å². The van der Waals surface area contributed by atoms with Gasteiger partial charge >= 0.3 is 0 Å². The SMILES string of the molecule is CCC(O)C(=O)C1CCN(C(C)(C)C)CC1. The lowest BCUT2D eigenvalue weighted by Crippen LogP contribution is -2.48. The van der Waals surface area contributed by atoms with Crippen LogP contribution >= 0.6 is 0 Å². The number of likely N-dealkylation sites (tertiary alicyclic amines) is 1. The van der Waals surface area contributed by atoms with Gasteiger partial charge in [-0.2, -0.15) is 0 Å². The normalized spacial score (nSPS) is 22.1. The lowest BCUT2D eigenvalue weighted by molar-refractivity contribution is -0.133. The molecular weight excluding hydrogens is 202 g/mol. The number of aliphatic hydroxyl groups excluding tert-OH is 1. The van der Waals surface area contributed by atoms with Gasteiger partial charge < -0.3 is 5.11 Å². The molecule has 0 bridgehead atoms. The number of nitrogens with zero attached hydrogens (tertiary/aromatic N) is 1. The number of piperidine rings is 1. The summed E-state index contributed by atoms with van der Waals surface area (Å²) < 4.78 is 0. The molecule has 1 saturated heterocycles. The fraction of sp³-hybridized carbons (Fsp3) is 0.923. The van der Waals surface area contributed by atoms with Gasteiger partial charge in [-0.05, 0) is 53.1 Å². The van der Waals surface area contributed by atoms with E-state index in [2.05, 4.69) is 25.7 Å².